The van der Waals surface area contributed by atoms with Gasteiger partial charge in [0, 0.05) is 5.75 Å². The minimum atomic E-state index is -1.21. The molecule has 0 unspecified atom stereocenters. The number of aliphatic hydroxyl groups is 1. The molecule has 0 fully saturated rings. The van der Waals surface area contributed by atoms with E-state index in [0.717, 1.165) is 0 Å². The van der Waals surface area contributed by atoms with E-state index in [1.807, 2.05) is 6.92 Å². The summed E-state index contributed by atoms with van der Waals surface area (Å²) in [6.45, 7) is 4.94. The number of thiol groups is 1. The summed E-state index contributed by atoms with van der Waals surface area (Å²) >= 11 is 3.87. The van der Waals surface area contributed by atoms with E-state index < -0.39 is 42.0 Å². The van der Waals surface area contributed by atoms with Crippen LogP contribution in [0.15, 0.2) is 0 Å². The molecule has 0 aromatic heterocycles. The number of carbonyl (C=O) groups excluding carboxylic acids is 2. The third-order valence-electron chi connectivity index (χ3n) is 3.41. The number of aliphatic carboxylic acids is 1. The Morgan fingerprint density at radius 2 is 1.73 bits per heavy atom. The van der Waals surface area contributed by atoms with Crippen molar-refractivity contribution in [2.24, 2.45) is 11.7 Å². The van der Waals surface area contributed by atoms with Crippen LogP contribution in [0.5, 0.6) is 0 Å². The van der Waals surface area contributed by atoms with Crippen LogP contribution >= 0.6 is 12.6 Å². The van der Waals surface area contributed by atoms with E-state index in [4.69, 9.17) is 10.8 Å². The predicted molar refractivity (Wildman–Crippen MR) is 84.5 cm³/mol. The van der Waals surface area contributed by atoms with Crippen molar-refractivity contribution in [3.63, 3.8) is 0 Å². The normalized spacial score (nSPS) is 17.7. The van der Waals surface area contributed by atoms with Crippen LogP contribution in [0.25, 0.3) is 0 Å². The average Bonchev–Trinajstić information content (AvgIpc) is 2.47. The molecule has 0 radical (unpaired) electrons. The van der Waals surface area contributed by atoms with E-state index >= 15 is 0 Å². The number of rotatable bonds is 9. The number of carbonyl (C=O) groups is 3. The Morgan fingerprint density at radius 3 is 2.09 bits per heavy atom. The molecule has 0 bridgehead atoms. The van der Waals surface area contributed by atoms with Crippen LogP contribution in [0, 0.1) is 5.92 Å². The van der Waals surface area contributed by atoms with Gasteiger partial charge in [-0.05, 0) is 12.8 Å². The molecule has 0 aliphatic carbocycles. The van der Waals surface area contributed by atoms with Gasteiger partial charge in [-0.25, -0.2) is 4.79 Å². The lowest BCUT2D eigenvalue weighted by Gasteiger charge is -2.26. The summed E-state index contributed by atoms with van der Waals surface area (Å²) in [5.41, 5.74) is 5.53. The highest BCUT2D eigenvalue weighted by Gasteiger charge is 2.31. The van der Waals surface area contributed by atoms with Gasteiger partial charge in [-0.1, -0.05) is 20.3 Å². The van der Waals surface area contributed by atoms with Crippen LogP contribution in [-0.4, -0.2) is 58.0 Å². The lowest BCUT2D eigenvalue weighted by Crippen LogP contribution is -2.58. The number of nitrogens with two attached hydrogens (primary N) is 1. The zero-order chi connectivity index (χ0) is 17.4. The number of amides is 2. The lowest BCUT2D eigenvalue weighted by atomic mass is 9.97. The molecule has 8 nitrogen and oxygen atoms in total. The topological polar surface area (TPSA) is 142 Å². The van der Waals surface area contributed by atoms with Crippen LogP contribution in [-0.2, 0) is 14.4 Å². The maximum atomic E-state index is 12.2. The van der Waals surface area contributed by atoms with Gasteiger partial charge in [0.1, 0.15) is 18.1 Å². The molecule has 0 aliphatic heterocycles. The van der Waals surface area contributed by atoms with Crippen LogP contribution in [0.2, 0.25) is 0 Å². The zero-order valence-corrected chi connectivity index (χ0v) is 13.8. The predicted octanol–water partition coefficient (Wildman–Crippen LogP) is -1.28. The van der Waals surface area contributed by atoms with Crippen LogP contribution < -0.4 is 16.4 Å². The van der Waals surface area contributed by atoms with Gasteiger partial charge in [0.25, 0.3) is 0 Å². The Kier molecular flexibility index (Phi) is 9.07. The second kappa shape index (κ2) is 9.65. The molecule has 2 amide bonds. The molecule has 22 heavy (non-hydrogen) atoms. The molecule has 0 rings (SSSR count). The van der Waals surface area contributed by atoms with Gasteiger partial charge >= 0.3 is 5.97 Å². The minimum absolute atomic E-state index is 0.0740. The molecule has 0 aromatic carbocycles. The molecule has 0 spiro atoms. The number of nitrogens with one attached hydrogen (secondary N) is 2. The molecule has 128 valence electrons. The fourth-order valence-corrected chi connectivity index (χ4v) is 1.86. The van der Waals surface area contributed by atoms with Gasteiger partial charge < -0.3 is 26.6 Å². The molecule has 9 heteroatoms. The number of carboxylic acid groups (broad SMARTS) is 1. The minimum Gasteiger partial charge on any atom is -0.480 e. The van der Waals surface area contributed by atoms with Gasteiger partial charge in [0.2, 0.25) is 11.8 Å². The standard InChI is InChI=1S/C13H25N3O5S/c1-4-6(2)10(16-11(18)9(14)7(3)17)12(19)15-8(5-22)13(20)21/h6-10,17,22H,4-5,14H2,1-3H3,(H,15,19)(H,16,18)(H,20,21)/t6-,7+,8-,9-,10-/m0/s1. The largest absolute Gasteiger partial charge is 0.480 e. The smallest absolute Gasteiger partial charge is 0.327 e. The molecule has 0 saturated heterocycles. The highest BCUT2D eigenvalue weighted by Crippen LogP contribution is 2.09. The van der Waals surface area contributed by atoms with Crippen molar-refractivity contribution in [3.05, 3.63) is 0 Å². The molecule has 0 heterocycles. The lowest BCUT2D eigenvalue weighted by molar-refractivity contribution is -0.141. The molecular formula is C13H25N3O5S. The second-order valence-electron chi connectivity index (χ2n) is 5.22. The molecule has 6 N–H and O–H groups in total. The van der Waals surface area contributed by atoms with Crippen molar-refractivity contribution < 1.29 is 24.6 Å². The van der Waals surface area contributed by atoms with E-state index in [-0.39, 0.29) is 11.7 Å². The molecule has 0 aromatic rings. The van der Waals surface area contributed by atoms with Gasteiger partial charge in [-0.15, -0.1) is 0 Å². The second-order valence-corrected chi connectivity index (χ2v) is 5.59. The summed E-state index contributed by atoms with van der Waals surface area (Å²) in [7, 11) is 0. The van der Waals surface area contributed by atoms with Gasteiger partial charge in [-0.2, -0.15) is 12.6 Å². The summed E-state index contributed by atoms with van der Waals surface area (Å²) in [6, 6.07) is -3.26. The number of aliphatic hydroxyl groups excluding tert-OH is 1. The summed E-state index contributed by atoms with van der Waals surface area (Å²) in [6.07, 6.45) is -0.481. The first-order valence-corrected chi connectivity index (χ1v) is 7.66. The molecule has 0 saturated carbocycles. The Morgan fingerprint density at radius 1 is 1.18 bits per heavy atom. The maximum absolute atomic E-state index is 12.2. The average molecular weight is 335 g/mol. The molecule has 0 aliphatic rings. The summed E-state index contributed by atoms with van der Waals surface area (Å²) < 4.78 is 0. The van der Waals surface area contributed by atoms with E-state index in [1.165, 1.54) is 6.92 Å². The Hall–Kier alpha value is -1.32. The van der Waals surface area contributed by atoms with Crippen molar-refractivity contribution in [2.75, 3.05) is 5.75 Å². The van der Waals surface area contributed by atoms with Crippen LogP contribution in [0.3, 0.4) is 0 Å². The Labute approximate surface area is 135 Å². The highest BCUT2D eigenvalue weighted by molar-refractivity contribution is 7.80. The van der Waals surface area contributed by atoms with Crippen molar-refractivity contribution in [1.82, 2.24) is 10.6 Å². The maximum Gasteiger partial charge on any atom is 0.327 e. The monoisotopic (exact) mass is 335 g/mol. The van der Waals surface area contributed by atoms with Crippen molar-refractivity contribution >= 4 is 30.4 Å². The first kappa shape index (κ1) is 20.7. The van der Waals surface area contributed by atoms with Crippen molar-refractivity contribution in [1.29, 1.82) is 0 Å². The number of hydrogen-bond donors (Lipinski definition) is 6. The molecule has 5 atom stereocenters. The van der Waals surface area contributed by atoms with Gasteiger partial charge in [0.05, 0.1) is 6.10 Å². The first-order valence-electron chi connectivity index (χ1n) is 7.03. The fourth-order valence-electron chi connectivity index (χ4n) is 1.62. The van der Waals surface area contributed by atoms with Crippen LogP contribution in [0.4, 0.5) is 0 Å². The summed E-state index contributed by atoms with van der Waals surface area (Å²) in [5, 5.41) is 23.0. The van der Waals surface area contributed by atoms with Gasteiger partial charge in [0.15, 0.2) is 0 Å². The SMILES string of the molecule is CC[C@H](C)[C@H](NC(=O)[C@@H](N)[C@@H](C)O)C(=O)N[C@@H](CS)C(=O)O. The van der Waals surface area contributed by atoms with Crippen LogP contribution in [0.1, 0.15) is 27.2 Å². The third kappa shape index (κ3) is 6.20. The van der Waals surface area contributed by atoms with Gasteiger partial charge in [-0.3, -0.25) is 9.59 Å². The zero-order valence-electron chi connectivity index (χ0n) is 12.9. The Bertz CT molecular complexity index is 405. The Balaban J connectivity index is 5.02. The summed E-state index contributed by atoms with van der Waals surface area (Å²) in [4.78, 5) is 35.1. The van der Waals surface area contributed by atoms with Crippen molar-refractivity contribution in [3.8, 4) is 0 Å². The van der Waals surface area contributed by atoms with E-state index in [9.17, 15) is 19.5 Å². The third-order valence-corrected chi connectivity index (χ3v) is 3.78. The first-order chi connectivity index (χ1) is 10.1. The summed E-state index contributed by atoms with van der Waals surface area (Å²) in [5.74, 6) is -2.82. The quantitative estimate of drug-likeness (QED) is 0.290. The highest BCUT2D eigenvalue weighted by atomic mass is 32.1. The van der Waals surface area contributed by atoms with E-state index in [1.54, 1.807) is 6.92 Å². The number of carboxylic acids is 1. The van der Waals surface area contributed by atoms with E-state index in [0.29, 0.717) is 6.42 Å². The fraction of sp³-hybridized carbons (Fsp3) is 0.769. The van der Waals surface area contributed by atoms with Crippen molar-refractivity contribution in [2.45, 2.75) is 51.4 Å². The number of hydrogen-bond acceptors (Lipinski definition) is 6. The molecular weight excluding hydrogens is 310 g/mol. The van der Waals surface area contributed by atoms with E-state index in [2.05, 4.69) is 23.3 Å².